The predicted octanol–water partition coefficient (Wildman–Crippen LogP) is 2.58. The quantitative estimate of drug-likeness (QED) is 0.874. The fourth-order valence-corrected chi connectivity index (χ4v) is 2.36. The van der Waals surface area contributed by atoms with Crippen LogP contribution in [0.3, 0.4) is 0 Å². The minimum Gasteiger partial charge on any atom is -0.392 e. The lowest BCUT2D eigenvalue weighted by molar-refractivity contribution is 0.0862. The summed E-state index contributed by atoms with van der Waals surface area (Å²) < 4.78 is 1.05. The molecule has 1 rings (SSSR count). The molecule has 2 unspecified atom stereocenters. The second-order valence-electron chi connectivity index (χ2n) is 4.51. The van der Waals surface area contributed by atoms with Crippen LogP contribution >= 0.6 is 15.9 Å². The first-order valence-electron chi connectivity index (χ1n) is 5.67. The first-order valence-corrected chi connectivity index (χ1v) is 6.47. The van der Waals surface area contributed by atoms with Gasteiger partial charge in [0.15, 0.2) is 0 Å². The van der Waals surface area contributed by atoms with Gasteiger partial charge in [-0.3, -0.25) is 0 Å². The predicted molar refractivity (Wildman–Crippen MR) is 71.2 cm³/mol. The van der Waals surface area contributed by atoms with E-state index in [0.717, 1.165) is 10.0 Å². The van der Waals surface area contributed by atoms with E-state index in [-0.39, 0.29) is 12.0 Å². The Morgan fingerprint density at radius 2 is 1.94 bits per heavy atom. The van der Waals surface area contributed by atoms with Crippen LogP contribution < -0.4 is 5.73 Å². The maximum atomic E-state index is 10.2. The average Bonchev–Trinajstić information content (AvgIpc) is 2.22. The second-order valence-corrected chi connectivity index (χ2v) is 5.36. The molecule has 1 aromatic rings. The number of nitrogens with two attached hydrogens (primary N) is 1. The van der Waals surface area contributed by atoms with E-state index in [0.29, 0.717) is 18.9 Å². The number of benzene rings is 1. The van der Waals surface area contributed by atoms with Gasteiger partial charge in [-0.15, -0.1) is 0 Å². The van der Waals surface area contributed by atoms with Gasteiger partial charge in [0, 0.05) is 4.47 Å². The van der Waals surface area contributed by atoms with Crippen molar-refractivity contribution in [3.8, 4) is 0 Å². The molecule has 0 saturated carbocycles. The average molecular weight is 286 g/mol. The zero-order valence-corrected chi connectivity index (χ0v) is 11.4. The Labute approximate surface area is 106 Å². The summed E-state index contributed by atoms with van der Waals surface area (Å²) in [5.41, 5.74) is 6.83. The van der Waals surface area contributed by atoms with Crippen molar-refractivity contribution >= 4 is 15.9 Å². The summed E-state index contributed by atoms with van der Waals surface area (Å²) in [5, 5.41) is 10.2. The van der Waals surface area contributed by atoms with Crippen LogP contribution in [0.2, 0.25) is 0 Å². The molecule has 0 heterocycles. The smallest absolute Gasteiger partial charge is 0.0623 e. The van der Waals surface area contributed by atoms with Crippen LogP contribution in [0, 0.1) is 11.8 Å². The zero-order chi connectivity index (χ0) is 12.1. The summed E-state index contributed by atoms with van der Waals surface area (Å²) in [7, 11) is 0. The van der Waals surface area contributed by atoms with E-state index in [1.165, 1.54) is 0 Å². The maximum Gasteiger partial charge on any atom is 0.0623 e. The van der Waals surface area contributed by atoms with Gasteiger partial charge in [0.1, 0.15) is 0 Å². The molecule has 2 atom stereocenters. The molecular formula is C13H20BrNO. The largest absolute Gasteiger partial charge is 0.392 e. The molecule has 0 aliphatic carbocycles. The molecule has 90 valence electrons. The van der Waals surface area contributed by atoms with Gasteiger partial charge >= 0.3 is 0 Å². The normalized spacial score (nSPS) is 15.1. The number of aliphatic hydroxyl groups is 1. The minimum absolute atomic E-state index is 0.159. The molecular weight excluding hydrogens is 266 g/mol. The van der Waals surface area contributed by atoms with Gasteiger partial charge in [0.2, 0.25) is 0 Å². The van der Waals surface area contributed by atoms with Gasteiger partial charge in [-0.2, -0.15) is 0 Å². The van der Waals surface area contributed by atoms with E-state index in [1.807, 2.05) is 24.3 Å². The first-order chi connectivity index (χ1) is 7.56. The van der Waals surface area contributed by atoms with E-state index in [2.05, 4.69) is 29.8 Å². The molecule has 0 radical (unpaired) electrons. The summed E-state index contributed by atoms with van der Waals surface area (Å²) in [4.78, 5) is 0. The van der Waals surface area contributed by atoms with E-state index in [9.17, 15) is 5.11 Å². The maximum absolute atomic E-state index is 10.2. The lowest BCUT2D eigenvalue weighted by Crippen LogP contribution is -2.33. The topological polar surface area (TPSA) is 46.2 Å². The SMILES string of the molecule is CC(C)C(CN)C(O)Cc1ccccc1Br. The van der Waals surface area contributed by atoms with Gasteiger partial charge in [-0.25, -0.2) is 0 Å². The van der Waals surface area contributed by atoms with Crippen LogP contribution in [0.1, 0.15) is 19.4 Å². The molecule has 0 bridgehead atoms. The van der Waals surface area contributed by atoms with Crippen molar-refractivity contribution in [2.75, 3.05) is 6.54 Å². The minimum atomic E-state index is -0.372. The molecule has 0 aromatic heterocycles. The van der Waals surface area contributed by atoms with E-state index < -0.39 is 0 Å². The van der Waals surface area contributed by atoms with Crippen LogP contribution in [-0.2, 0) is 6.42 Å². The Kier molecular flexibility index (Phi) is 5.46. The second kappa shape index (κ2) is 6.38. The molecule has 2 nitrogen and oxygen atoms in total. The molecule has 0 saturated heterocycles. The van der Waals surface area contributed by atoms with Crippen molar-refractivity contribution in [1.29, 1.82) is 0 Å². The molecule has 0 fully saturated rings. The van der Waals surface area contributed by atoms with Gasteiger partial charge in [0.25, 0.3) is 0 Å². The van der Waals surface area contributed by atoms with Gasteiger partial charge < -0.3 is 10.8 Å². The summed E-state index contributed by atoms with van der Waals surface area (Å²) in [6, 6.07) is 7.98. The first kappa shape index (κ1) is 13.7. The highest BCUT2D eigenvalue weighted by molar-refractivity contribution is 9.10. The molecule has 3 N–H and O–H groups in total. The number of hydrogen-bond acceptors (Lipinski definition) is 2. The summed E-state index contributed by atoms with van der Waals surface area (Å²) >= 11 is 3.49. The van der Waals surface area contributed by atoms with Gasteiger partial charge in [-0.05, 0) is 36.4 Å². The van der Waals surface area contributed by atoms with Crippen molar-refractivity contribution in [2.24, 2.45) is 17.6 Å². The van der Waals surface area contributed by atoms with Crippen LogP contribution in [0.4, 0.5) is 0 Å². The van der Waals surface area contributed by atoms with Crippen molar-refractivity contribution in [3.63, 3.8) is 0 Å². The summed E-state index contributed by atoms with van der Waals surface area (Å²) in [6.07, 6.45) is 0.283. The third-order valence-corrected chi connectivity index (χ3v) is 3.78. The standard InChI is InChI=1S/C13H20BrNO/c1-9(2)11(8-15)13(16)7-10-5-3-4-6-12(10)14/h3-6,9,11,13,16H,7-8,15H2,1-2H3. The Balaban J connectivity index is 2.70. The fourth-order valence-electron chi connectivity index (χ4n) is 1.91. The Bertz CT molecular complexity index is 327. The molecule has 3 heteroatoms. The van der Waals surface area contributed by atoms with E-state index in [4.69, 9.17) is 5.73 Å². The van der Waals surface area contributed by atoms with Gasteiger partial charge in [-0.1, -0.05) is 48.0 Å². The van der Waals surface area contributed by atoms with Crippen molar-refractivity contribution in [1.82, 2.24) is 0 Å². The van der Waals surface area contributed by atoms with Crippen molar-refractivity contribution < 1.29 is 5.11 Å². The van der Waals surface area contributed by atoms with E-state index in [1.54, 1.807) is 0 Å². The molecule has 0 aliphatic heterocycles. The highest BCUT2D eigenvalue weighted by atomic mass is 79.9. The lowest BCUT2D eigenvalue weighted by atomic mass is 9.87. The monoisotopic (exact) mass is 285 g/mol. The Morgan fingerprint density at radius 3 is 2.44 bits per heavy atom. The van der Waals surface area contributed by atoms with Crippen molar-refractivity contribution in [2.45, 2.75) is 26.4 Å². The molecule has 1 aromatic carbocycles. The number of halogens is 1. The number of hydrogen-bond donors (Lipinski definition) is 2. The highest BCUT2D eigenvalue weighted by Gasteiger charge is 2.21. The van der Waals surface area contributed by atoms with Crippen LogP contribution in [0.5, 0.6) is 0 Å². The Morgan fingerprint density at radius 1 is 1.31 bits per heavy atom. The Hall–Kier alpha value is -0.380. The summed E-state index contributed by atoms with van der Waals surface area (Å²) in [5.74, 6) is 0.564. The molecule has 0 spiro atoms. The lowest BCUT2D eigenvalue weighted by Gasteiger charge is -2.25. The third-order valence-electron chi connectivity index (χ3n) is 3.01. The van der Waals surface area contributed by atoms with Crippen molar-refractivity contribution in [3.05, 3.63) is 34.3 Å². The molecule has 0 aliphatic rings. The van der Waals surface area contributed by atoms with Crippen LogP contribution in [0.15, 0.2) is 28.7 Å². The number of rotatable bonds is 5. The molecule has 0 amide bonds. The highest BCUT2D eigenvalue weighted by Crippen LogP contribution is 2.22. The third kappa shape index (κ3) is 3.58. The zero-order valence-electron chi connectivity index (χ0n) is 9.86. The fraction of sp³-hybridized carbons (Fsp3) is 0.538. The van der Waals surface area contributed by atoms with Crippen LogP contribution in [-0.4, -0.2) is 17.8 Å². The summed E-state index contributed by atoms with van der Waals surface area (Å²) in [6.45, 7) is 4.73. The molecule has 16 heavy (non-hydrogen) atoms. The number of aliphatic hydroxyl groups excluding tert-OH is 1. The van der Waals surface area contributed by atoms with Crippen LogP contribution in [0.25, 0.3) is 0 Å². The van der Waals surface area contributed by atoms with Gasteiger partial charge in [0.05, 0.1) is 6.10 Å². The van der Waals surface area contributed by atoms with E-state index >= 15 is 0 Å².